The first kappa shape index (κ1) is 26.5. The van der Waals surface area contributed by atoms with E-state index in [4.69, 9.17) is 4.74 Å². The van der Waals surface area contributed by atoms with Crippen molar-refractivity contribution in [1.82, 2.24) is 25.7 Å². The lowest BCUT2D eigenvalue weighted by molar-refractivity contribution is -0.138. The van der Waals surface area contributed by atoms with Gasteiger partial charge >= 0.3 is 6.18 Å². The van der Waals surface area contributed by atoms with Gasteiger partial charge in [-0.1, -0.05) is 0 Å². The van der Waals surface area contributed by atoms with Crippen molar-refractivity contribution in [2.75, 3.05) is 41.5 Å². The molecule has 1 fully saturated rings. The lowest BCUT2D eigenvalue weighted by Gasteiger charge is -2.31. The second-order valence-electron chi connectivity index (χ2n) is 9.46. The second-order valence-corrected chi connectivity index (χ2v) is 9.46. The van der Waals surface area contributed by atoms with Gasteiger partial charge in [0.2, 0.25) is 0 Å². The van der Waals surface area contributed by atoms with Crippen LogP contribution in [0, 0.1) is 20.8 Å². The van der Waals surface area contributed by atoms with Gasteiger partial charge in [0.1, 0.15) is 0 Å². The van der Waals surface area contributed by atoms with Crippen molar-refractivity contribution in [3.8, 4) is 0 Å². The molecule has 0 atom stereocenters. The topological polar surface area (TPSA) is 99.6 Å². The maximum Gasteiger partial charge on any atom is 0.416 e. The average molecular weight is 545 g/mol. The molecule has 208 valence electrons. The predicted octanol–water partition coefficient (Wildman–Crippen LogP) is 3.92. The normalized spacial score (nSPS) is 15.8. The van der Waals surface area contributed by atoms with E-state index in [1.807, 2.05) is 25.1 Å². The van der Waals surface area contributed by atoms with Crippen molar-refractivity contribution in [1.29, 1.82) is 0 Å². The lowest BCUT2D eigenvalue weighted by Crippen LogP contribution is -2.37. The first-order valence-electron chi connectivity index (χ1n) is 12.4. The molecule has 0 unspecified atom stereocenters. The number of aryl methyl sites for hydroxylation is 2. The van der Waals surface area contributed by atoms with E-state index in [0.717, 1.165) is 23.0 Å². The quantitative estimate of drug-likeness (QED) is 0.445. The molecule has 10 nitrogen and oxygen atoms in total. The van der Waals surface area contributed by atoms with E-state index in [1.165, 1.54) is 13.1 Å². The molecule has 1 saturated heterocycles. The van der Waals surface area contributed by atoms with E-state index in [0.29, 0.717) is 43.4 Å². The van der Waals surface area contributed by atoms with Crippen molar-refractivity contribution in [3.05, 3.63) is 70.4 Å². The van der Waals surface area contributed by atoms with Crippen LogP contribution in [0.15, 0.2) is 36.8 Å². The zero-order chi connectivity index (χ0) is 27.9. The van der Waals surface area contributed by atoms with Gasteiger partial charge in [0.25, 0.3) is 5.91 Å². The van der Waals surface area contributed by atoms with Gasteiger partial charge < -0.3 is 20.4 Å². The summed E-state index contributed by atoms with van der Waals surface area (Å²) in [5.74, 6) is -0.576. The van der Waals surface area contributed by atoms with E-state index in [9.17, 15) is 18.0 Å². The Morgan fingerprint density at radius 2 is 1.85 bits per heavy atom. The number of alkyl halides is 3. The van der Waals surface area contributed by atoms with Gasteiger partial charge in [-0.25, -0.2) is 0 Å². The van der Waals surface area contributed by atoms with E-state index in [1.54, 1.807) is 34.9 Å². The molecule has 0 saturated carbocycles. The number of nitrogens with one attached hydrogen (secondary N) is 3. The Morgan fingerprint density at radius 3 is 2.51 bits per heavy atom. The van der Waals surface area contributed by atoms with Crippen LogP contribution in [0.5, 0.6) is 0 Å². The summed E-state index contributed by atoms with van der Waals surface area (Å²) in [5.41, 5.74) is 10.00. The van der Waals surface area contributed by atoms with Crippen LogP contribution in [0.3, 0.4) is 0 Å². The van der Waals surface area contributed by atoms with Crippen molar-refractivity contribution < 1.29 is 24.1 Å². The van der Waals surface area contributed by atoms with Crippen LogP contribution in [-0.4, -0.2) is 47.0 Å². The number of pyridine rings is 1. The monoisotopic (exact) mass is 544 g/mol. The number of carbonyl (C=O) groups is 1. The van der Waals surface area contributed by atoms with Gasteiger partial charge in [0, 0.05) is 56.6 Å². The third-order valence-corrected chi connectivity index (χ3v) is 6.97. The Labute approximate surface area is 224 Å². The highest BCUT2D eigenvalue weighted by Gasteiger charge is 2.35. The predicted molar refractivity (Wildman–Crippen MR) is 143 cm³/mol. The zero-order valence-corrected chi connectivity index (χ0v) is 22.0. The summed E-state index contributed by atoms with van der Waals surface area (Å²) in [6.07, 6.45) is 0.390. The van der Waals surface area contributed by atoms with Crippen LogP contribution < -0.4 is 26.2 Å². The molecule has 1 amide bonds. The number of morpholine rings is 1. The van der Waals surface area contributed by atoms with Crippen LogP contribution in [0.1, 0.15) is 39.9 Å². The molecule has 3 N–H and O–H groups in total. The summed E-state index contributed by atoms with van der Waals surface area (Å²) in [6, 6.07) is 4.17. The number of ether oxygens (including phenoxy) is 1. The molecule has 13 heteroatoms. The molecule has 0 radical (unpaired) electrons. The number of anilines is 3. The number of rotatable bonds is 5. The Kier molecular flexibility index (Phi) is 6.95. The smallest absolute Gasteiger partial charge is 0.378 e. The Hall–Kier alpha value is -4.10. The number of hydrazine groups is 2. The molecule has 39 heavy (non-hydrogen) atoms. The van der Waals surface area contributed by atoms with Gasteiger partial charge in [-0.3, -0.25) is 19.5 Å². The average Bonchev–Trinajstić information content (AvgIpc) is 3.51. The number of aromatic nitrogens is 3. The van der Waals surface area contributed by atoms with Gasteiger partial charge in [-0.05, 0) is 44.5 Å². The van der Waals surface area contributed by atoms with Gasteiger partial charge in [0.05, 0.1) is 47.6 Å². The maximum absolute atomic E-state index is 13.9. The fourth-order valence-electron chi connectivity index (χ4n) is 4.63. The number of hydrogen-bond donors (Lipinski definition) is 3. The molecule has 1 aromatic carbocycles. The molecular formula is C26H31F3N8O2. The molecule has 0 spiro atoms. The molecule has 4 heterocycles. The minimum Gasteiger partial charge on any atom is -0.378 e. The first-order chi connectivity index (χ1) is 18.5. The molecule has 3 aromatic rings. The number of benzene rings is 1. The molecule has 2 aliphatic heterocycles. The van der Waals surface area contributed by atoms with Gasteiger partial charge in [-0.2, -0.15) is 18.3 Å². The van der Waals surface area contributed by atoms with Crippen LogP contribution in [0.25, 0.3) is 5.70 Å². The molecular weight excluding hydrogens is 513 g/mol. The van der Waals surface area contributed by atoms with Gasteiger partial charge in [-0.15, -0.1) is 5.53 Å². The zero-order valence-electron chi connectivity index (χ0n) is 22.0. The highest BCUT2D eigenvalue weighted by molar-refractivity contribution is 6.05. The minimum atomic E-state index is -4.57. The molecule has 0 aliphatic carbocycles. The van der Waals surface area contributed by atoms with E-state index in [-0.39, 0.29) is 18.2 Å². The Balaban J connectivity index is 0.00000370. The van der Waals surface area contributed by atoms with Crippen molar-refractivity contribution in [2.45, 2.75) is 26.9 Å². The fraction of sp³-hybridized carbons (Fsp3) is 0.346. The van der Waals surface area contributed by atoms with Crippen LogP contribution in [0.4, 0.5) is 30.2 Å². The van der Waals surface area contributed by atoms with Crippen LogP contribution >= 0.6 is 0 Å². The number of nitrogens with zero attached hydrogens (tertiary/aromatic N) is 5. The standard InChI is InChI=1S/C26H29F3N8O2.H2/c1-15-21(26(27,28)29)10-19(11-23(15)36-5-7-39-8-6-36)32-25(38)18-9-24(16(2)30-12-18)37-14-22(33-34-37)20-13-31-35(4)17(20)3;/h9-14,33-34H,5-8H2,1-4H3,(H,32,38);1H. The summed E-state index contributed by atoms with van der Waals surface area (Å²) in [4.78, 5) is 19.4. The maximum atomic E-state index is 13.9. The number of amides is 1. The highest BCUT2D eigenvalue weighted by Crippen LogP contribution is 2.39. The number of halogens is 3. The highest BCUT2D eigenvalue weighted by atomic mass is 19.4. The van der Waals surface area contributed by atoms with E-state index in [2.05, 4.69) is 26.4 Å². The Bertz CT molecular complexity index is 1450. The van der Waals surface area contributed by atoms with E-state index >= 15 is 0 Å². The molecule has 2 aromatic heterocycles. The summed E-state index contributed by atoms with van der Waals surface area (Å²) in [5, 5.41) is 8.59. The van der Waals surface area contributed by atoms with E-state index < -0.39 is 17.6 Å². The van der Waals surface area contributed by atoms with Crippen molar-refractivity contribution >= 4 is 28.7 Å². The molecule has 2 aliphatic rings. The number of carbonyl (C=O) groups excluding carboxylic acids is 1. The fourth-order valence-corrected chi connectivity index (χ4v) is 4.63. The number of hydrogen-bond acceptors (Lipinski definition) is 8. The summed E-state index contributed by atoms with van der Waals surface area (Å²) in [6.45, 7) is 6.96. The van der Waals surface area contributed by atoms with Crippen molar-refractivity contribution in [3.63, 3.8) is 0 Å². The van der Waals surface area contributed by atoms with Crippen LogP contribution in [0.2, 0.25) is 0 Å². The SMILES string of the molecule is Cc1ncc(C(=O)Nc2cc(N3CCOCC3)c(C)c(C(F)(F)F)c2)cc1N1C=C(c2cnn(C)c2C)NN1.[HH]. The van der Waals surface area contributed by atoms with Gasteiger partial charge in [0.15, 0.2) is 0 Å². The summed E-state index contributed by atoms with van der Waals surface area (Å²) >= 11 is 0. The summed E-state index contributed by atoms with van der Waals surface area (Å²) < 4.78 is 48.8. The first-order valence-corrected chi connectivity index (χ1v) is 12.4. The second kappa shape index (κ2) is 10.2. The Morgan fingerprint density at radius 1 is 1.10 bits per heavy atom. The third-order valence-electron chi connectivity index (χ3n) is 6.97. The third kappa shape index (κ3) is 5.27. The molecule has 0 bridgehead atoms. The summed E-state index contributed by atoms with van der Waals surface area (Å²) in [7, 11) is 1.85. The van der Waals surface area contributed by atoms with Crippen LogP contribution in [-0.2, 0) is 18.0 Å². The lowest BCUT2D eigenvalue weighted by atomic mass is 10.0. The van der Waals surface area contributed by atoms with Crippen molar-refractivity contribution in [2.24, 2.45) is 7.05 Å². The molecule has 5 rings (SSSR count). The minimum absolute atomic E-state index is 0. The largest absolute Gasteiger partial charge is 0.416 e.